The Morgan fingerprint density at radius 2 is 1.70 bits per heavy atom. The number of rotatable bonds is 5. The quantitative estimate of drug-likeness (QED) is 0.383. The standard InChI is InChI=1S/C22H18Cl2F3N5O/c1-30(2)11-17-28-20-18(13-7-9-14(23)10-8-13)19(15-5-3-4-6-16(15)24)29-32(20)21(33)31(17)12-22(25,26)27/h3-10H,11-12H2,1-2H3. The van der Waals surface area contributed by atoms with Gasteiger partial charge < -0.3 is 4.90 Å². The fraction of sp³-hybridized carbons (Fsp3) is 0.227. The lowest BCUT2D eigenvalue weighted by Crippen LogP contribution is -2.37. The third-order valence-corrected chi connectivity index (χ3v) is 5.46. The Hall–Kier alpha value is -2.88. The van der Waals surface area contributed by atoms with Crippen molar-refractivity contribution in [3.8, 4) is 22.4 Å². The maximum Gasteiger partial charge on any atom is 0.406 e. The zero-order valence-electron chi connectivity index (χ0n) is 17.6. The van der Waals surface area contributed by atoms with Gasteiger partial charge in [-0.1, -0.05) is 53.5 Å². The number of nitrogens with zero attached hydrogens (tertiary/aromatic N) is 5. The van der Waals surface area contributed by atoms with Gasteiger partial charge in [-0.2, -0.15) is 22.8 Å². The highest BCUT2D eigenvalue weighted by atomic mass is 35.5. The van der Waals surface area contributed by atoms with Crippen molar-refractivity contribution in [2.75, 3.05) is 14.1 Å². The predicted octanol–water partition coefficient (Wildman–Crippen LogP) is 5.16. The minimum atomic E-state index is -4.61. The van der Waals surface area contributed by atoms with E-state index in [2.05, 4.69) is 10.1 Å². The molecule has 0 bridgehead atoms. The second-order valence-corrected chi connectivity index (χ2v) is 8.54. The molecule has 0 atom stereocenters. The van der Waals surface area contributed by atoms with Crippen molar-refractivity contribution in [2.45, 2.75) is 19.3 Å². The molecule has 0 saturated heterocycles. The molecule has 4 rings (SSSR count). The van der Waals surface area contributed by atoms with Gasteiger partial charge in [-0.25, -0.2) is 9.78 Å². The molecule has 0 aliphatic heterocycles. The lowest BCUT2D eigenvalue weighted by atomic mass is 10.0. The molecule has 2 heterocycles. The van der Waals surface area contributed by atoms with Gasteiger partial charge in [0.15, 0.2) is 5.65 Å². The number of alkyl halides is 3. The Morgan fingerprint density at radius 3 is 2.30 bits per heavy atom. The molecule has 4 aromatic rings. The van der Waals surface area contributed by atoms with Crippen LogP contribution in [0, 0.1) is 0 Å². The van der Waals surface area contributed by atoms with Crippen LogP contribution < -0.4 is 5.69 Å². The average Bonchev–Trinajstić information content (AvgIpc) is 3.10. The molecule has 0 amide bonds. The zero-order chi connectivity index (χ0) is 23.9. The average molecular weight is 496 g/mol. The van der Waals surface area contributed by atoms with Crippen LogP contribution in [0.2, 0.25) is 10.0 Å². The third-order valence-electron chi connectivity index (χ3n) is 4.88. The lowest BCUT2D eigenvalue weighted by molar-refractivity contribution is -0.142. The van der Waals surface area contributed by atoms with E-state index in [1.807, 2.05) is 0 Å². The minimum Gasteiger partial charge on any atom is -0.302 e. The second-order valence-electron chi connectivity index (χ2n) is 7.70. The largest absolute Gasteiger partial charge is 0.406 e. The Balaban J connectivity index is 2.10. The lowest BCUT2D eigenvalue weighted by Gasteiger charge is -2.17. The van der Waals surface area contributed by atoms with Gasteiger partial charge in [-0.3, -0.25) is 4.57 Å². The van der Waals surface area contributed by atoms with Crippen molar-refractivity contribution in [3.63, 3.8) is 0 Å². The third kappa shape index (κ3) is 4.75. The normalized spacial score (nSPS) is 12.1. The summed E-state index contributed by atoms with van der Waals surface area (Å²) in [5.41, 5.74) is 1.14. The van der Waals surface area contributed by atoms with Crippen LogP contribution in [0.5, 0.6) is 0 Å². The Kier molecular flexibility index (Phi) is 6.22. The van der Waals surface area contributed by atoms with E-state index < -0.39 is 18.4 Å². The van der Waals surface area contributed by atoms with Gasteiger partial charge in [-0.05, 0) is 37.9 Å². The van der Waals surface area contributed by atoms with Crippen molar-refractivity contribution in [3.05, 3.63) is 74.9 Å². The molecule has 0 aliphatic rings. The number of fused-ring (bicyclic) bond motifs is 1. The summed E-state index contributed by atoms with van der Waals surface area (Å²) in [5, 5.41) is 5.25. The first-order chi connectivity index (χ1) is 15.5. The van der Waals surface area contributed by atoms with Gasteiger partial charge in [0.25, 0.3) is 0 Å². The highest BCUT2D eigenvalue weighted by molar-refractivity contribution is 6.33. The van der Waals surface area contributed by atoms with Gasteiger partial charge in [0.2, 0.25) is 0 Å². The minimum absolute atomic E-state index is 0.0223. The number of halogens is 5. The first kappa shape index (κ1) is 23.3. The number of hydrogen-bond acceptors (Lipinski definition) is 4. The molecule has 2 aromatic heterocycles. The van der Waals surface area contributed by atoms with E-state index in [-0.39, 0.29) is 18.0 Å². The fourth-order valence-electron chi connectivity index (χ4n) is 3.52. The van der Waals surface area contributed by atoms with Crippen molar-refractivity contribution in [1.82, 2.24) is 24.1 Å². The monoisotopic (exact) mass is 495 g/mol. The first-order valence-corrected chi connectivity index (χ1v) is 10.6. The fourth-order valence-corrected chi connectivity index (χ4v) is 3.87. The van der Waals surface area contributed by atoms with Gasteiger partial charge in [0.1, 0.15) is 18.1 Å². The summed E-state index contributed by atoms with van der Waals surface area (Å²) < 4.78 is 41.3. The summed E-state index contributed by atoms with van der Waals surface area (Å²) in [6.07, 6.45) is -4.61. The van der Waals surface area contributed by atoms with E-state index in [1.165, 1.54) is 0 Å². The van der Waals surface area contributed by atoms with Crippen LogP contribution in [0.1, 0.15) is 5.82 Å². The second kappa shape index (κ2) is 8.81. The Morgan fingerprint density at radius 1 is 1.03 bits per heavy atom. The van der Waals surface area contributed by atoms with E-state index in [0.29, 0.717) is 37.0 Å². The van der Waals surface area contributed by atoms with Gasteiger partial charge in [-0.15, -0.1) is 0 Å². The SMILES string of the molecule is CN(C)Cc1nc2c(-c3ccc(Cl)cc3)c(-c3ccccc3Cl)nn2c(=O)n1CC(F)(F)F. The van der Waals surface area contributed by atoms with E-state index in [9.17, 15) is 18.0 Å². The summed E-state index contributed by atoms with van der Waals surface area (Å²) in [6, 6.07) is 13.7. The van der Waals surface area contributed by atoms with Crippen LogP contribution in [0.4, 0.5) is 13.2 Å². The van der Waals surface area contributed by atoms with Crippen LogP contribution in [0.25, 0.3) is 28.0 Å². The molecule has 0 saturated carbocycles. The molecule has 0 unspecified atom stereocenters. The van der Waals surface area contributed by atoms with Crippen LogP contribution in [0.3, 0.4) is 0 Å². The highest BCUT2D eigenvalue weighted by Gasteiger charge is 2.32. The molecule has 33 heavy (non-hydrogen) atoms. The summed E-state index contributed by atoms with van der Waals surface area (Å²) in [5.74, 6) is -0.0318. The topological polar surface area (TPSA) is 55.4 Å². The van der Waals surface area contributed by atoms with E-state index in [0.717, 1.165) is 4.52 Å². The first-order valence-electron chi connectivity index (χ1n) is 9.80. The van der Waals surface area contributed by atoms with Gasteiger partial charge in [0.05, 0.1) is 17.1 Å². The summed E-state index contributed by atoms with van der Waals surface area (Å²) >= 11 is 12.4. The molecule has 2 aromatic carbocycles. The van der Waals surface area contributed by atoms with Gasteiger partial charge in [0, 0.05) is 10.6 Å². The van der Waals surface area contributed by atoms with Crippen LogP contribution >= 0.6 is 23.2 Å². The molecule has 0 radical (unpaired) electrons. The van der Waals surface area contributed by atoms with E-state index >= 15 is 0 Å². The predicted molar refractivity (Wildman–Crippen MR) is 122 cm³/mol. The van der Waals surface area contributed by atoms with Crippen LogP contribution in [0.15, 0.2) is 53.3 Å². The maximum absolute atomic E-state index is 13.3. The van der Waals surface area contributed by atoms with E-state index in [1.54, 1.807) is 67.5 Å². The number of aromatic nitrogens is 4. The number of benzene rings is 2. The van der Waals surface area contributed by atoms with E-state index in [4.69, 9.17) is 23.2 Å². The molecule has 6 nitrogen and oxygen atoms in total. The van der Waals surface area contributed by atoms with Crippen LogP contribution in [-0.2, 0) is 13.1 Å². The summed E-state index contributed by atoms with van der Waals surface area (Å²) in [4.78, 5) is 19.3. The molecular formula is C22H18Cl2F3N5O. The van der Waals surface area contributed by atoms with Crippen molar-refractivity contribution >= 4 is 28.8 Å². The molecular weight excluding hydrogens is 478 g/mol. The highest BCUT2D eigenvalue weighted by Crippen LogP contribution is 2.37. The Bertz CT molecular complexity index is 1380. The Labute approximate surface area is 196 Å². The van der Waals surface area contributed by atoms with Crippen molar-refractivity contribution in [2.24, 2.45) is 0 Å². The summed E-state index contributed by atoms with van der Waals surface area (Å²) in [6.45, 7) is -1.45. The molecule has 0 fully saturated rings. The van der Waals surface area contributed by atoms with Crippen LogP contribution in [-0.4, -0.2) is 44.3 Å². The van der Waals surface area contributed by atoms with Crippen molar-refractivity contribution in [1.29, 1.82) is 0 Å². The zero-order valence-corrected chi connectivity index (χ0v) is 19.1. The smallest absolute Gasteiger partial charge is 0.302 e. The number of hydrogen-bond donors (Lipinski definition) is 0. The molecule has 0 spiro atoms. The van der Waals surface area contributed by atoms with Crippen molar-refractivity contribution < 1.29 is 13.2 Å². The van der Waals surface area contributed by atoms with Gasteiger partial charge >= 0.3 is 11.9 Å². The molecule has 0 aliphatic carbocycles. The molecule has 172 valence electrons. The summed E-state index contributed by atoms with van der Waals surface area (Å²) in [7, 11) is 3.36. The molecule has 11 heteroatoms. The maximum atomic E-state index is 13.3. The molecule has 0 N–H and O–H groups in total.